The summed E-state index contributed by atoms with van der Waals surface area (Å²) in [5.74, 6) is 1.11. The van der Waals surface area contributed by atoms with Gasteiger partial charge in [0.2, 0.25) is 0 Å². The molecule has 0 unspecified atom stereocenters. The molecule has 0 heterocycles. The lowest BCUT2D eigenvalue weighted by atomic mass is 9.80. The second kappa shape index (κ2) is 10.7. The van der Waals surface area contributed by atoms with Crippen LogP contribution in [0.1, 0.15) is 59.6 Å². The van der Waals surface area contributed by atoms with Crippen molar-refractivity contribution in [1.29, 1.82) is 0 Å². The average Bonchev–Trinajstić information content (AvgIpc) is 2.69. The maximum absolute atomic E-state index is 12.6. The smallest absolute Gasteiger partial charge is 0.262 e. The molecule has 1 N–H and O–H groups in total. The maximum Gasteiger partial charge on any atom is 0.262 e. The molecular weight excluding hydrogens is 390 g/mol. The highest BCUT2D eigenvalue weighted by Gasteiger charge is 2.23. The van der Waals surface area contributed by atoms with Gasteiger partial charge in [0.25, 0.3) is 5.91 Å². The Labute approximate surface area is 187 Å². The van der Waals surface area contributed by atoms with Crippen molar-refractivity contribution in [1.82, 2.24) is 0 Å². The number of anilines is 1. The van der Waals surface area contributed by atoms with Crippen LogP contribution in [0.3, 0.4) is 0 Å². The highest BCUT2D eigenvalue weighted by atomic mass is 16.5. The maximum atomic E-state index is 12.6. The summed E-state index contributed by atoms with van der Waals surface area (Å²) in [4.78, 5) is 12.6. The van der Waals surface area contributed by atoms with Gasteiger partial charge in [0.1, 0.15) is 18.1 Å². The van der Waals surface area contributed by atoms with Gasteiger partial charge < -0.3 is 19.5 Å². The molecule has 0 radical (unpaired) electrons. The minimum absolute atomic E-state index is 0.0434. The van der Waals surface area contributed by atoms with Crippen LogP contribution in [0.5, 0.6) is 11.5 Å². The van der Waals surface area contributed by atoms with Crippen LogP contribution in [0.25, 0.3) is 0 Å². The van der Waals surface area contributed by atoms with Gasteiger partial charge in [-0.25, -0.2) is 0 Å². The second-order valence-corrected chi connectivity index (χ2v) is 9.59. The van der Waals surface area contributed by atoms with Crippen molar-refractivity contribution >= 4 is 11.6 Å². The van der Waals surface area contributed by atoms with Crippen LogP contribution in [-0.2, 0) is 20.4 Å². The minimum atomic E-state index is -0.236. The third kappa shape index (κ3) is 7.59. The van der Waals surface area contributed by atoms with Crippen molar-refractivity contribution in [2.75, 3.05) is 31.7 Å². The van der Waals surface area contributed by atoms with Gasteiger partial charge in [-0.2, -0.15) is 0 Å². The van der Waals surface area contributed by atoms with Gasteiger partial charge in [0.05, 0.1) is 12.3 Å². The summed E-state index contributed by atoms with van der Waals surface area (Å²) in [6.45, 7) is 16.5. The molecule has 170 valence electrons. The Morgan fingerprint density at radius 3 is 2.23 bits per heavy atom. The van der Waals surface area contributed by atoms with Crippen molar-refractivity contribution in [3.63, 3.8) is 0 Å². The van der Waals surface area contributed by atoms with Gasteiger partial charge >= 0.3 is 0 Å². The molecule has 2 rings (SSSR count). The molecule has 0 aliphatic rings. The first-order valence-corrected chi connectivity index (χ1v) is 10.9. The number of carbonyl (C=O) groups excluding carboxylic acids is 1. The summed E-state index contributed by atoms with van der Waals surface area (Å²) in [6.07, 6.45) is 0. The van der Waals surface area contributed by atoms with Crippen molar-refractivity contribution in [3.05, 3.63) is 53.6 Å². The summed E-state index contributed by atoms with van der Waals surface area (Å²) >= 11 is 0. The topological polar surface area (TPSA) is 56.8 Å². The van der Waals surface area contributed by atoms with Crippen LogP contribution >= 0.6 is 0 Å². The number of hydrogen-bond donors (Lipinski definition) is 1. The van der Waals surface area contributed by atoms with Crippen molar-refractivity contribution in [2.45, 2.75) is 59.3 Å². The lowest BCUT2D eigenvalue weighted by Crippen LogP contribution is -2.23. The second-order valence-electron chi connectivity index (χ2n) is 9.59. The van der Waals surface area contributed by atoms with E-state index in [0.29, 0.717) is 31.3 Å². The summed E-state index contributed by atoms with van der Waals surface area (Å²) in [6, 6.07) is 13.6. The Hall–Kier alpha value is -2.53. The fraction of sp³-hybridized carbons (Fsp3) is 0.500. The van der Waals surface area contributed by atoms with Crippen LogP contribution in [0.2, 0.25) is 0 Å². The number of amides is 1. The molecular formula is C26H37NO4. The summed E-state index contributed by atoms with van der Waals surface area (Å²) in [5, 5.41) is 2.89. The van der Waals surface area contributed by atoms with E-state index in [9.17, 15) is 4.79 Å². The fourth-order valence-electron chi connectivity index (χ4n) is 3.09. The van der Waals surface area contributed by atoms with E-state index < -0.39 is 0 Å². The molecule has 0 fully saturated rings. The molecule has 2 aromatic carbocycles. The Balaban J connectivity index is 2.07. The first-order valence-electron chi connectivity index (χ1n) is 10.9. The van der Waals surface area contributed by atoms with Gasteiger partial charge in [0, 0.05) is 6.61 Å². The molecule has 0 atom stereocenters. The first-order chi connectivity index (χ1) is 14.5. The molecule has 0 aromatic heterocycles. The Kier molecular flexibility index (Phi) is 8.52. The molecule has 0 bridgehead atoms. The zero-order valence-corrected chi connectivity index (χ0v) is 20.0. The van der Waals surface area contributed by atoms with E-state index in [0.717, 1.165) is 11.3 Å². The van der Waals surface area contributed by atoms with E-state index >= 15 is 0 Å². The normalized spacial score (nSPS) is 11.8. The number of para-hydroxylation sites is 2. The molecule has 0 saturated carbocycles. The van der Waals surface area contributed by atoms with E-state index in [1.807, 2.05) is 37.3 Å². The Morgan fingerprint density at radius 1 is 0.871 bits per heavy atom. The van der Waals surface area contributed by atoms with Crippen LogP contribution in [0.4, 0.5) is 5.69 Å². The lowest BCUT2D eigenvalue weighted by molar-refractivity contribution is -0.118. The molecule has 0 aliphatic carbocycles. The van der Waals surface area contributed by atoms with E-state index in [1.54, 1.807) is 0 Å². The quantitative estimate of drug-likeness (QED) is 0.521. The monoisotopic (exact) mass is 427 g/mol. The van der Waals surface area contributed by atoms with Gasteiger partial charge in [-0.15, -0.1) is 0 Å². The standard InChI is InChI=1S/C26H37NO4/c1-8-29-15-16-30-23-12-10-9-11-21(23)27-24(28)18-31-22-14-13-19(25(2,3)4)17-20(22)26(5,6)7/h9-14,17H,8,15-16,18H2,1-7H3,(H,27,28). The van der Waals surface area contributed by atoms with Crippen molar-refractivity contribution in [2.24, 2.45) is 0 Å². The average molecular weight is 428 g/mol. The zero-order valence-electron chi connectivity index (χ0n) is 20.0. The molecule has 0 aliphatic heterocycles. The SMILES string of the molecule is CCOCCOc1ccccc1NC(=O)COc1ccc(C(C)(C)C)cc1C(C)(C)C. The summed E-state index contributed by atoms with van der Waals surface area (Å²) in [7, 11) is 0. The molecule has 5 heteroatoms. The van der Waals surface area contributed by atoms with Gasteiger partial charge in [-0.3, -0.25) is 4.79 Å². The van der Waals surface area contributed by atoms with Crippen LogP contribution < -0.4 is 14.8 Å². The Bertz CT molecular complexity index is 862. The largest absolute Gasteiger partial charge is 0.489 e. The molecule has 5 nitrogen and oxygen atoms in total. The van der Waals surface area contributed by atoms with E-state index in [4.69, 9.17) is 14.2 Å². The summed E-state index contributed by atoms with van der Waals surface area (Å²) in [5.41, 5.74) is 2.89. The Morgan fingerprint density at radius 2 is 1.58 bits per heavy atom. The molecule has 31 heavy (non-hydrogen) atoms. The van der Waals surface area contributed by atoms with Crippen LogP contribution in [0, 0.1) is 0 Å². The number of hydrogen-bond acceptors (Lipinski definition) is 4. The number of ether oxygens (including phenoxy) is 3. The number of nitrogens with one attached hydrogen (secondary N) is 1. The number of rotatable bonds is 9. The van der Waals surface area contributed by atoms with Crippen LogP contribution in [0.15, 0.2) is 42.5 Å². The van der Waals surface area contributed by atoms with Crippen molar-refractivity contribution in [3.8, 4) is 11.5 Å². The number of carbonyl (C=O) groups is 1. The van der Waals surface area contributed by atoms with Crippen molar-refractivity contribution < 1.29 is 19.0 Å². The highest BCUT2D eigenvalue weighted by molar-refractivity contribution is 5.93. The van der Waals surface area contributed by atoms with Gasteiger partial charge in [-0.1, -0.05) is 65.8 Å². The first kappa shape index (κ1) is 24.7. The lowest BCUT2D eigenvalue weighted by Gasteiger charge is -2.27. The predicted octanol–water partition coefficient (Wildman–Crippen LogP) is 5.71. The molecule has 2 aromatic rings. The van der Waals surface area contributed by atoms with E-state index in [-0.39, 0.29) is 23.3 Å². The molecule has 0 spiro atoms. The fourth-order valence-corrected chi connectivity index (χ4v) is 3.09. The van der Waals surface area contributed by atoms with E-state index in [2.05, 4.69) is 59.0 Å². The summed E-state index contributed by atoms with van der Waals surface area (Å²) < 4.78 is 17.0. The molecule has 1 amide bonds. The van der Waals surface area contributed by atoms with Gasteiger partial charge in [0.15, 0.2) is 6.61 Å². The third-order valence-corrected chi connectivity index (χ3v) is 4.86. The third-order valence-electron chi connectivity index (χ3n) is 4.86. The van der Waals surface area contributed by atoms with E-state index in [1.165, 1.54) is 5.56 Å². The van der Waals surface area contributed by atoms with Gasteiger partial charge in [-0.05, 0) is 47.1 Å². The minimum Gasteiger partial charge on any atom is -0.489 e. The highest BCUT2D eigenvalue weighted by Crippen LogP contribution is 2.35. The molecule has 0 saturated heterocycles. The predicted molar refractivity (Wildman–Crippen MR) is 126 cm³/mol. The zero-order chi connectivity index (χ0) is 23.1. The van der Waals surface area contributed by atoms with Crippen LogP contribution in [-0.4, -0.2) is 32.3 Å². The number of benzene rings is 2.